The van der Waals surface area contributed by atoms with Crippen molar-refractivity contribution in [1.29, 1.82) is 0 Å². The van der Waals surface area contributed by atoms with Gasteiger partial charge >= 0.3 is 0 Å². The van der Waals surface area contributed by atoms with Crippen LogP contribution in [0.3, 0.4) is 0 Å². The Bertz CT molecular complexity index is 392. The lowest BCUT2D eigenvalue weighted by Gasteiger charge is -2.05. The van der Waals surface area contributed by atoms with Gasteiger partial charge in [0.25, 0.3) is 5.91 Å². The highest BCUT2D eigenvalue weighted by molar-refractivity contribution is 9.08. The number of nitrogens with one attached hydrogen (secondary N) is 1. The number of hydrogen-bond donors (Lipinski definition) is 1. The van der Waals surface area contributed by atoms with E-state index in [0.717, 1.165) is 10.9 Å². The fourth-order valence-corrected chi connectivity index (χ4v) is 2.26. The van der Waals surface area contributed by atoms with E-state index < -0.39 is 10.8 Å². The van der Waals surface area contributed by atoms with Gasteiger partial charge in [0.05, 0.1) is 0 Å². The summed E-state index contributed by atoms with van der Waals surface area (Å²) in [5.74, 6) is 1.04. The third kappa shape index (κ3) is 5.00. The average Bonchev–Trinajstić information content (AvgIpc) is 2.38. The van der Waals surface area contributed by atoms with Crippen molar-refractivity contribution in [2.45, 2.75) is 12.3 Å². The van der Waals surface area contributed by atoms with Gasteiger partial charge in [-0.1, -0.05) is 35.0 Å². The predicted molar refractivity (Wildman–Crippen MR) is 75.0 cm³/mol. The minimum Gasteiger partial charge on any atom is -0.351 e. The summed E-state index contributed by atoms with van der Waals surface area (Å²) >= 11 is 3.35. The molecule has 1 rings (SSSR count). The maximum atomic E-state index is 11.7. The van der Waals surface area contributed by atoms with E-state index in [0.29, 0.717) is 23.6 Å². The number of carbonyl (C=O) groups is 1. The normalized spacial score (nSPS) is 12.1. The number of rotatable bonds is 6. The summed E-state index contributed by atoms with van der Waals surface area (Å²) in [5, 5.41) is 3.54. The topological polar surface area (TPSA) is 46.2 Å². The molecule has 0 aliphatic heterocycles. The van der Waals surface area contributed by atoms with Crippen molar-refractivity contribution in [3.8, 4) is 0 Å². The maximum absolute atomic E-state index is 11.7. The van der Waals surface area contributed by atoms with Crippen LogP contribution in [0, 0.1) is 0 Å². The van der Waals surface area contributed by atoms with Crippen molar-refractivity contribution < 1.29 is 9.00 Å². The molecule has 0 fully saturated rings. The summed E-state index contributed by atoms with van der Waals surface area (Å²) in [5.41, 5.74) is 1.77. The van der Waals surface area contributed by atoms with E-state index in [1.54, 1.807) is 12.1 Å². The molecule has 0 heterocycles. The molecule has 0 radical (unpaired) electrons. The van der Waals surface area contributed by atoms with Gasteiger partial charge in [0.2, 0.25) is 0 Å². The van der Waals surface area contributed by atoms with Crippen molar-refractivity contribution in [3.05, 3.63) is 35.4 Å². The third-order valence-electron chi connectivity index (χ3n) is 2.31. The molecule has 0 spiro atoms. The maximum Gasteiger partial charge on any atom is 0.251 e. The Labute approximate surface area is 113 Å². The molecule has 1 N–H and O–H groups in total. The summed E-state index contributed by atoms with van der Waals surface area (Å²) in [4.78, 5) is 11.7. The number of alkyl halides is 1. The number of benzene rings is 1. The third-order valence-corrected chi connectivity index (χ3v) is 4.26. The van der Waals surface area contributed by atoms with Crippen LogP contribution in [0.15, 0.2) is 24.3 Å². The van der Waals surface area contributed by atoms with Crippen molar-refractivity contribution >= 4 is 32.6 Å². The monoisotopic (exact) mass is 317 g/mol. The SMILES string of the molecule is CCS(=O)CCNC(=O)c1ccc(CBr)cc1. The van der Waals surface area contributed by atoms with Gasteiger partial charge in [-0.25, -0.2) is 0 Å². The highest BCUT2D eigenvalue weighted by atomic mass is 79.9. The Hall–Kier alpha value is -0.680. The quantitative estimate of drug-likeness (QED) is 0.816. The number of amides is 1. The first-order valence-corrected chi connectivity index (χ1v) is 8.06. The van der Waals surface area contributed by atoms with Crippen LogP contribution in [0.4, 0.5) is 0 Å². The molecule has 0 saturated heterocycles. The Morgan fingerprint density at radius 2 is 2.00 bits per heavy atom. The minimum absolute atomic E-state index is 0.112. The smallest absolute Gasteiger partial charge is 0.251 e. The largest absolute Gasteiger partial charge is 0.351 e. The molecule has 1 amide bonds. The summed E-state index contributed by atoms with van der Waals surface area (Å²) in [7, 11) is -0.826. The fraction of sp³-hybridized carbons (Fsp3) is 0.417. The zero-order chi connectivity index (χ0) is 12.7. The first kappa shape index (κ1) is 14.4. The van der Waals surface area contributed by atoms with Crippen LogP contribution in [-0.2, 0) is 16.1 Å². The van der Waals surface area contributed by atoms with Crippen LogP contribution < -0.4 is 5.32 Å². The molecule has 3 nitrogen and oxygen atoms in total. The summed E-state index contributed by atoms with van der Waals surface area (Å²) in [6.07, 6.45) is 0. The Morgan fingerprint density at radius 1 is 1.35 bits per heavy atom. The minimum atomic E-state index is -0.826. The van der Waals surface area contributed by atoms with E-state index in [1.165, 1.54) is 0 Å². The Morgan fingerprint density at radius 3 is 2.53 bits per heavy atom. The van der Waals surface area contributed by atoms with Crippen molar-refractivity contribution in [2.75, 3.05) is 18.1 Å². The van der Waals surface area contributed by atoms with Crippen LogP contribution >= 0.6 is 15.9 Å². The number of hydrogen-bond acceptors (Lipinski definition) is 2. The molecule has 17 heavy (non-hydrogen) atoms. The van der Waals surface area contributed by atoms with Crippen LogP contribution in [0.2, 0.25) is 0 Å². The predicted octanol–water partition coefficient (Wildman–Crippen LogP) is 2.08. The van der Waals surface area contributed by atoms with E-state index in [9.17, 15) is 9.00 Å². The molecule has 0 saturated carbocycles. The molecule has 0 aliphatic rings. The zero-order valence-electron chi connectivity index (χ0n) is 9.74. The molecular formula is C12H16BrNO2S. The molecule has 1 unspecified atom stereocenters. The van der Waals surface area contributed by atoms with Crippen LogP contribution in [-0.4, -0.2) is 28.2 Å². The van der Waals surface area contributed by atoms with Crippen LogP contribution in [0.1, 0.15) is 22.8 Å². The molecular weight excluding hydrogens is 302 g/mol. The standard InChI is InChI=1S/C12H16BrNO2S/c1-2-17(16)8-7-14-12(15)11-5-3-10(9-13)4-6-11/h3-6H,2,7-9H2,1H3,(H,14,15). The average molecular weight is 318 g/mol. The van der Waals surface area contributed by atoms with Gasteiger partial charge in [-0.15, -0.1) is 0 Å². The highest BCUT2D eigenvalue weighted by Gasteiger charge is 2.05. The van der Waals surface area contributed by atoms with Crippen LogP contribution in [0.5, 0.6) is 0 Å². The van der Waals surface area contributed by atoms with E-state index in [-0.39, 0.29) is 5.91 Å². The van der Waals surface area contributed by atoms with Gasteiger partial charge in [0.15, 0.2) is 0 Å². The summed E-state index contributed by atoms with van der Waals surface area (Å²) < 4.78 is 11.2. The lowest BCUT2D eigenvalue weighted by Crippen LogP contribution is -2.27. The van der Waals surface area contributed by atoms with E-state index in [1.807, 2.05) is 19.1 Å². The highest BCUT2D eigenvalue weighted by Crippen LogP contribution is 2.07. The Balaban J connectivity index is 2.44. The molecule has 1 aromatic carbocycles. The van der Waals surface area contributed by atoms with Gasteiger partial charge in [0.1, 0.15) is 0 Å². The van der Waals surface area contributed by atoms with Crippen LogP contribution in [0.25, 0.3) is 0 Å². The van der Waals surface area contributed by atoms with Crippen molar-refractivity contribution in [1.82, 2.24) is 5.32 Å². The molecule has 94 valence electrons. The molecule has 0 bridgehead atoms. The molecule has 0 aromatic heterocycles. The first-order chi connectivity index (χ1) is 8.17. The number of halogens is 1. The zero-order valence-corrected chi connectivity index (χ0v) is 12.1. The van der Waals surface area contributed by atoms with E-state index in [4.69, 9.17) is 0 Å². The Kier molecular flexibility index (Phi) is 6.44. The molecule has 1 aromatic rings. The van der Waals surface area contributed by atoms with Gasteiger partial charge in [0, 0.05) is 39.7 Å². The second-order valence-corrected chi connectivity index (χ2v) is 5.95. The summed E-state index contributed by atoms with van der Waals surface area (Å²) in [6, 6.07) is 7.41. The van der Waals surface area contributed by atoms with E-state index >= 15 is 0 Å². The second-order valence-electron chi connectivity index (χ2n) is 3.52. The van der Waals surface area contributed by atoms with Gasteiger partial charge in [-0.05, 0) is 17.7 Å². The molecule has 5 heteroatoms. The second kappa shape index (κ2) is 7.61. The van der Waals surface area contributed by atoms with Crippen molar-refractivity contribution in [3.63, 3.8) is 0 Å². The summed E-state index contributed by atoms with van der Waals surface area (Å²) in [6.45, 7) is 2.33. The fourth-order valence-electron chi connectivity index (χ4n) is 1.27. The van der Waals surface area contributed by atoms with Gasteiger partial charge in [-0.3, -0.25) is 9.00 Å². The van der Waals surface area contributed by atoms with Gasteiger partial charge in [-0.2, -0.15) is 0 Å². The van der Waals surface area contributed by atoms with Gasteiger partial charge < -0.3 is 5.32 Å². The van der Waals surface area contributed by atoms with E-state index in [2.05, 4.69) is 21.2 Å². The van der Waals surface area contributed by atoms with Crippen molar-refractivity contribution in [2.24, 2.45) is 0 Å². The lowest BCUT2D eigenvalue weighted by atomic mass is 10.1. The molecule has 1 atom stereocenters. The lowest BCUT2D eigenvalue weighted by molar-refractivity contribution is 0.0956. The first-order valence-electron chi connectivity index (χ1n) is 5.45. The number of carbonyl (C=O) groups excluding carboxylic acids is 1. The molecule has 0 aliphatic carbocycles.